The Hall–Kier alpha value is -1.87. The van der Waals surface area contributed by atoms with Gasteiger partial charge in [0.15, 0.2) is 0 Å². The fourth-order valence-electron chi connectivity index (χ4n) is 2.60. The molecule has 18 heavy (non-hydrogen) atoms. The van der Waals surface area contributed by atoms with Crippen molar-refractivity contribution in [2.24, 2.45) is 0 Å². The third-order valence-corrected chi connectivity index (χ3v) is 3.50. The van der Waals surface area contributed by atoms with Crippen molar-refractivity contribution in [3.63, 3.8) is 0 Å². The Morgan fingerprint density at radius 1 is 1.33 bits per heavy atom. The van der Waals surface area contributed by atoms with Crippen molar-refractivity contribution < 1.29 is 5.11 Å². The van der Waals surface area contributed by atoms with Gasteiger partial charge >= 0.3 is 0 Å². The van der Waals surface area contributed by atoms with Crippen LogP contribution in [0.2, 0.25) is 0 Å². The zero-order valence-electron chi connectivity index (χ0n) is 10.4. The molecule has 0 saturated carbocycles. The SMILES string of the molecule is Cc1cccnc1C1NCCc2cc(O)ccc21. The van der Waals surface area contributed by atoms with Crippen molar-refractivity contribution in [3.8, 4) is 5.75 Å². The van der Waals surface area contributed by atoms with Gasteiger partial charge in [-0.3, -0.25) is 4.98 Å². The maximum atomic E-state index is 9.56. The molecule has 0 spiro atoms. The van der Waals surface area contributed by atoms with Crippen LogP contribution in [0.4, 0.5) is 0 Å². The Morgan fingerprint density at radius 3 is 3.06 bits per heavy atom. The van der Waals surface area contributed by atoms with Crippen LogP contribution in [0.5, 0.6) is 5.75 Å². The summed E-state index contributed by atoms with van der Waals surface area (Å²) in [5.41, 5.74) is 4.70. The number of nitrogens with one attached hydrogen (secondary N) is 1. The smallest absolute Gasteiger partial charge is 0.115 e. The molecule has 1 aliphatic rings. The number of rotatable bonds is 1. The lowest BCUT2D eigenvalue weighted by Crippen LogP contribution is -2.31. The van der Waals surface area contributed by atoms with Crippen LogP contribution in [-0.2, 0) is 6.42 Å². The predicted molar refractivity (Wildman–Crippen MR) is 70.6 cm³/mol. The van der Waals surface area contributed by atoms with Gasteiger partial charge in [0.05, 0.1) is 11.7 Å². The Labute approximate surface area is 107 Å². The summed E-state index contributed by atoms with van der Waals surface area (Å²) in [6, 6.07) is 9.78. The second-order valence-electron chi connectivity index (χ2n) is 4.73. The normalized spacial score (nSPS) is 18.4. The first kappa shape index (κ1) is 11.2. The maximum Gasteiger partial charge on any atom is 0.115 e. The van der Waals surface area contributed by atoms with Crippen molar-refractivity contribution >= 4 is 0 Å². The Balaban J connectivity index is 2.09. The van der Waals surface area contributed by atoms with E-state index in [1.54, 1.807) is 6.07 Å². The first-order chi connectivity index (χ1) is 8.75. The molecule has 0 radical (unpaired) electrons. The van der Waals surface area contributed by atoms with E-state index in [4.69, 9.17) is 0 Å². The van der Waals surface area contributed by atoms with Crippen molar-refractivity contribution in [2.75, 3.05) is 6.54 Å². The summed E-state index contributed by atoms with van der Waals surface area (Å²) in [5.74, 6) is 0.340. The molecule has 0 fully saturated rings. The van der Waals surface area contributed by atoms with Gasteiger partial charge in [-0.15, -0.1) is 0 Å². The van der Waals surface area contributed by atoms with Gasteiger partial charge in [-0.2, -0.15) is 0 Å². The van der Waals surface area contributed by atoms with Gasteiger partial charge in [-0.05, 0) is 48.2 Å². The predicted octanol–water partition coefficient (Wildman–Crippen LogP) is 2.33. The summed E-state index contributed by atoms with van der Waals surface area (Å²) >= 11 is 0. The molecular weight excluding hydrogens is 224 g/mol. The highest BCUT2D eigenvalue weighted by Crippen LogP contribution is 2.30. The summed E-state index contributed by atoms with van der Waals surface area (Å²) in [6.45, 7) is 3.00. The van der Waals surface area contributed by atoms with Crippen molar-refractivity contribution in [1.29, 1.82) is 0 Å². The molecule has 1 aromatic carbocycles. The molecule has 1 aliphatic heterocycles. The second kappa shape index (κ2) is 4.42. The Kier molecular flexibility index (Phi) is 2.76. The van der Waals surface area contributed by atoms with Crippen molar-refractivity contribution in [2.45, 2.75) is 19.4 Å². The number of aromatic nitrogens is 1. The van der Waals surface area contributed by atoms with Crippen LogP contribution < -0.4 is 5.32 Å². The number of phenols is 1. The van der Waals surface area contributed by atoms with Crippen LogP contribution in [0.15, 0.2) is 36.5 Å². The molecule has 2 heterocycles. The molecule has 1 unspecified atom stereocenters. The lowest BCUT2D eigenvalue weighted by atomic mass is 9.90. The van der Waals surface area contributed by atoms with Gasteiger partial charge in [-0.25, -0.2) is 0 Å². The van der Waals surface area contributed by atoms with Gasteiger partial charge in [0.25, 0.3) is 0 Å². The highest BCUT2D eigenvalue weighted by atomic mass is 16.3. The fraction of sp³-hybridized carbons (Fsp3) is 0.267. The zero-order chi connectivity index (χ0) is 12.5. The summed E-state index contributed by atoms with van der Waals surface area (Å²) in [5, 5.41) is 13.1. The van der Waals surface area contributed by atoms with E-state index >= 15 is 0 Å². The number of aryl methyl sites for hydroxylation is 1. The number of nitrogens with zero attached hydrogens (tertiary/aromatic N) is 1. The van der Waals surface area contributed by atoms with Crippen molar-refractivity contribution in [3.05, 3.63) is 58.9 Å². The minimum atomic E-state index is 0.135. The van der Waals surface area contributed by atoms with Crippen molar-refractivity contribution in [1.82, 2.24) is 10.3 Å². The molecule has 1 aromatic heterocycles. The van der Waals surface area contributed by atoms with E-state index in [0.29, 0.717) is 5.75 Å². The minimum Gasteiger partial charge on any atom is -0.508 e. The largest absolute Gasteiger partial charge is 0.508 e. The number of aromatic hydroxyl groups is 1. The van der Waals surface area contributed by atoms with Crippen LogP contribution in [0.3, 0.4) is 0 Å². The van der Waals surface area contributed by atoms with Gasteiger partial charge in [0, 0.05) is 12.7 Å². The molecule has 1 atom stereocenters. The average Bonchev–Trinajstić information content (AvgIpc) is 2.38. The molecule has 0 saturated heterocycles. The second-order valence-corrected chi connectivity index (χ2v) is 4.73. The summed E-state index contributed by atoms with van der Waals surface area (Å²) in [7, 11) is 0. The zero-order valence-corrected chi connectivity index (χ0v) is 10.4. The molecule has 92 valence electrons. The fourth-order valence-corrected chi connectivity index (χ4v) is 2.60. The first-order valence-corrected chi connectivity index (χ1v) is 6.22. The van der Waals surface area contributed by atoms with Gasteiger partial charge < -0.3 is 10.4 Å². The average molecular weight is 240 g/mol. The third-order valence-electron chi connectivity index (χ3n) is 3.50. The van der Waals surface area contributed by atoms with E-state index in [1.807, 2.05) is 24.4 Å². The Bertz CT molecular complexity index is 580. The van der Waals surface area contributed by atoms with Crippen LogP contribution in [0, 0.1) is 6.92 Å². The molecule has 0 aliphatic carbocycles. The monoisotopic (exact) mass is 240 g/mol. The number of hydrogen-bond donors (Lipinski definition) is 2. The quantitative estimate of drug-likeness (QED) is 0.804. The standard InChI is InChI=1S/C15H16N2O/c1-10-3-2-7-16-14(10)15-13-5-4-12(18)9-11(13)6-8-17-15/h2-5,7,9,15,17-18H,6,8H2,1H3. The van der Waals surface area contributed by atoms with E-state index in [-0.39, 0.29) is 6.04 Å². The molecule has 0 bridgehead atoms. The first-order valence-electron chi connectivity index (χ1n) is 6.22. The number of phenolic OH excluding ortho intramolecular Hbond substituents is 1. The number of hydrogen-bond acceptors (Lipinski definition) is 3. The Morgan fingerprint density at radius 2 is 2.22 bits per heavy atom. The topological polar surface area (TPSA) is 45.2 Å². The van der Waals surface area contributed by atoms with Crippen LogP contribution in [0.25, 0.3) is 0 Å². The highest BCUT2D eigenvalue weighted by molar-refractivity contribution is 5.43. The van der Waals surface area contributed by atoms with Crippen LogP contribution >= 0.6 is 0 Å². The number of fused-ring (bicyclic) bond motifs is 1. The van der Waals surface area contributed by atoms with E-state index in [0.717, 1.165) is 18.7 Å². The summed E-state index contributed by atoms with van der Waals surface area (Å²) in [6.07, 6.45) is 2.78. The van der Waals surface area contributed by atoms with Gasteiger partial charge in [-0.1, -0.05) is 12.1 Å². The van der Waals surface area contributed by atoms with E-state index < -0.39 is 0 Å². The molecule has 0 amide bonds. The van der Waals surface area contributed by atoms with Gasteiger partial charge in [0.1, 0.15) is 5.75 Å². The third kappa shape index (κ3) is 1.87. The number of pyridine rings is 1. The molecule has 2 N–H and O–H groups in total. The van der Waals surface area contributed by atoms with Crippen LogP contribution in [-0.4, -0.2) is 16.6 Å². The van der Waals surface area contributed by atoms with E-state index in [9.17, 15) is 5.11 Å². The van der Waals surface area contributed by atoms with E-state index in [2.05, 4.69) is 23.3 Å². The van der Waals surface area contributed by atoms with Crippen LogP contribution in [0.1, 0.15) is 28.4 Å². The lowest BCUT2D eigenvalue weighted by Gasteiger charge is -2.27. The molecule has 3 rings (SSSR count). The molecular formula is C15H16N2O. The maximum absolute atomic E-state index is 9.56. The van der Waals surface area contributed by atoms with Gasteiger partial charge in [0.2, 0.25) is 0 Å². The molecule has 3 nitrogen and oxygen atoms in total. The summed E-state index contributed by atoms with van der Waals surface area (Å²) < 4.78 is 0. The summed E-state index contributed by atoms with van der Waals surface area (Å²) in [4.78, 5) is 4.50. The lowest BCUT2D eigenvalue weighted by molar-refractivity contribution is 0.471. The molecule has 2 aromatic rings. The van der Waals surface area contributed by atoms with E-state index in [1.165, 1.54) is 16.7 Å². The minimum absolute atomic E-state index is 0.135. The number of benzene rings is 1. The molecule has 3 heteroatoms. The highest BCUT2D eigenvalue weighted by Gasteiger charge is 2.23.